The van der Waals surface area contributed by atoms with Gasteiger partial charge in [0.25, 0.3) is 0 Å². The van der Waals surface area contributed by atoms with E-state index in [9.17, 15) is 9.59 Å². The van der Waals surface area contributed by atoms with Gasteiger partial charge in [-0.15, -0.1) is 0 Å². The van der Waals surface area contributed by atoms with Gasteiger partial charge in [-0.3, -0.25) is 9.59 Å². The van der Waals surface area contributed by atoms with E-state index in [1.54, 1.807) is 26.4 Å². The Bertz CT molecular complexity index is 604. The summed E-state index contributed by atoms with van der Waals surface area (Å²) >= 11 is 0. The highest BCUT2D eigenvalue weighted by atomic mass is 16.6. The highest BCUT2D eigenvalue weighted by Crippen LogP contribution is 2.37. The highest BCUT2D eigenvalue weighted by Gasteiger charge is 2.31. The first kappa shape index (κ1) is 18.3. The van der Waals surface area contributed by atoms with Gasteiger partial charge in [-0.25, -0.2) is 0 Å². The molecule has 1 aromatic carbocycles. The molecule has 0 saturated heterocycles. The number of benzene rings is 1. The molecule has 1 saturated carbocycles. The molecule has 5 heteroatoms. The maximum Gasteiger partial charge on any atom is 0.306 e. The summed E-state index contributed by atoms with van der Waals surface area (Å²) < 4.78 is 16.2. The molecular weight excluding hydrogens is 308 g/mol. The summed E-state index contributed by atoms with van der Waals surface area (Å²) in [6.45, 7) is 5.51. The van der Waals surface area contributed by atoms with E-state index in [1.165, 1.54) is 0 Å². The third-order valence-electron chi connectivity index (χ3n) is 3.84. The SMILES string of the molecule is COc1cc(C(=O)C2CC2)cc(OC)c1CCC(=O)OC(C)(C)C.[HH]. The fourth-order valence-electron chi connectivity index (χ4n) is 2.57. The van der Waals surface area contributed by atoms with Gasteiger partial charge in [0, 0.05) is 24.9 Å². The molecule has 0 atom stereocenters. The van der Waals surface area contributed by atoms with Gasteiger partial charge in [-0.1, -0.05) is 0 Å². The van der Waals surface area contributed by atoms with Crippen LogP contribution < -0.4 is 9.47 Å². The number of esters is 1. The maximum absolute atomic E-state index is 12.3. The van der Waals surface area contributed by atoms with Gasteiger partial charge in [0.05, 0.1) is 14.2 Å². The van der Waals surface area contributed by atoms with E-state index in [0.717, 1.165) is 18.4 Å². The number of methoxy groups -OCH3 is 2. The molecule has 0 heterocycles. The summed E-state index contributed by atoms with van der Waals surface area (Å²) in [5, 5.41) is 0. The monoisotopic (exact) mass is 336 g/mol. The summed E-state index contributed by atoms with van der Waals surface area (Å²) in [6, 6.07) is 3.49. The van der Waals surface area contributed by atoms with Crippen LogP contribution in [0.15, 0.2) is 12.1 Å². The summed E-state index contributed by atoms with van der Waals surface area (Å²) in [5.41, 5.74) is 0.872. The van der Waals surface area contributed by atoms with Crippen molar-refractivity contribution in [1.82, 2.24) is 0 Å². The first-order chi connectivity index (χ1) is 11.2. The van der Waals surface area contributed by atoms with Gasteiger partial charge < -0.3 is 14.2 Å². The second-order valence-corrected chi connectivity index (χ2v) is 7.08. The van der Waals surface area contributed by atoms with Crippen LogP contribution in [0, 0.1) is 5.92 Å². The lowest BCUT2D eigenvalue weighted by atomic mass is 10.00. The van der Waals surface area contributed by atoms with E-state index in [2.05, 4.69) is 0 Å². The van der Waals surface area contributed by atoms with Crippen molar-refractivity contribution in [3.63, 3.8) is 0 Å². The van der Waals surface area contributed by atoms with Crippen molar-refractivity contribution in [2.24, 2.45) is 5.92 Å². The smallest absolute Gasteiger partial charge is 0.306 e. The van der Waals surface area contributed by atoms with Crippen molar-refractivity contribution in [3.8, 4) is 11.5 Å². The van der Waals surface area contributed by atoms with E-state index >= 15 is 0 Å². The molecule has 0 N–H and O–H groups in total. The molecule has 0 bridgehead atoms. The molecule has 1 aromatic rings. The van der Waals surface area contributed by atoms with Gasteiger partial charge in [-0.05, 0) is 52.2 Å². The second-order valence-electron chi connectivity index (χ2n) is 7.08. The molecule has 0 spiro atoms. The van der Waals surface area contributed by atoms with Crippen LogP contribution in [-0.2, 0) is 16.0 Å². The lowest BCUT2D eigenvalue weighted by Gasteiger charge is -2.20. The maximum atomic E-state index is 12.3. The molecule has 134 valence electrons. The Morgan fingerprint density at radius 3 is 2.08 bits per heavy atom. The minimum absolute atomic E-state index is 0. The quantitative estimate of drug-likeness (QED) is 0.559. The minimum Gasteiger partial charge on any atom is -0.496 e. The predicted octanol–water partition coefficient (Wildman–Crippen LogP) is 3.82. The van der Waals surface area contributed by atoms with Gasteiger partial charge >= 0.3 is 5.97 Å². The summed E-state index contributed by atoms with van der Waals surface area (Å²) in [7, 11) is 3.11. The van der Waals surface area contributed by atoms with Crippen molar-refractivity contribution in [3.05, 3.63) is 23.3 Å². The van der Waals surface area contributed by atoms with E-state index in [0.29, 0.717) is 23.5 Å². The van der Waals surface area contributed by atoms with Crippen LogP contribution in [0.3, 0.4) is 0 Å². The molecule has 0 amide bonds. The number of carbonyl (C=O) groups excluding carboxylic acids is 2. The molecule has 0 radical (unpaired) electrons. The number of Topliss-reactive ketones (excluding diaryl/α,β-unsaturated/α-hetero) is 1. The topological polar surface area (TPSA) is 61.8 Å². The average Bonchev–Trinajstić information content (AvgIpc) is 3.34. The van der Waals surface area contributed by atoms with Crippen LogP contribution in [-0.4, -0.2) is 31.6 Å². The van der Waals surface area contributed by atoms with Crippen LogP contribution in [0.1, 0.15) is 57.4 Å². The zero-order valence-corrected chi connectivity index (χ0v) is 15.1. The third kappa shape index (κ3) is 4.73. The number of ether oxygens (including phenoxy) is 3. The first-order valence-corrected chi connectivity index (χ1v) is 8.26. The molecule has 0 aromatic heterocycles. The Hall–Kier alpha value is -2.04. The van der Waals surface area contributed by atoms with E-state index < -0.39 is 5.60 Å². The van der Waals surface area contributed by atoms with Crippen molar-refractivity contribution in [2.45, 2.75) is 52.1 Å². The number of ketones is 1. The molecule has 2 rings (SSSR count). The Morgan fingerprint density at radius 2 is 1.67 bits per heavy atom. The van der Waals surface area contributed by atoms with E-state index in [-0.39, 0.29) is 25.5 Å². The normalized spacial score (nSPS) is 14.2. The summed E-state index contributed by atoms with van der Waals surface area (Å²) in [5.74, 6) is 1.13. The van der Waals surface area contributed by atoms with E-state index in [1.807, 2.05) is 20.8 Å². The molecule has 24 heavy (non-hydrogen) atoms. The van der Waals surface area contributed by atoms with E-state index in [4.69, 9.17) is 14.2 Å². The number of hydrogen-bond acceptors (Lipinski definition) is 5. The van der Waals surface area contributed by atoms with Crippen molar-refractivity contribution in [2.75, 3.05) is 14.2 Å². The number of rotatable bonds is 7. The molecule has 1 aliphatic rings. The lowest BCUT2D eigenvalue weighted by Crippen LogP contribution is -2.24. The average molecular weight is 336 g/mol. The molecular formula is C19H28O5. The lowest BCUT2D eigenvalue weighted by molar-refractivity contribution is -0.154. The van der Waals surface area contributed by atoms with Gasteiger partial charge in [0.1, 0.15) is 17.1 Å². The van der Waals surface area contributed by atoms with Crippen LogP contribution >= 0.6 is 0 Å². The highest BCUT2D eigenvalue weighted by molar-refractivity contribution is 6.00. The van der Waals surface area contributed by atoms with Crippen LogP contribution in [0.25, 0.3) is 0 Å². The summed E-state index contributed by atoms with van der Waals surface area (Å²) in [6.07, 6.45) is 2.55. The molecule has 0 aliphatic heterocycles. The third-order valence-corrected chi connectivity index (χ3v) is 3.84. The van der Waals surface area contributed by atoms with Gasteiger partial charge in [0.2, 0.25) is 0 Å². The minimum atomic E-state index is -0.508. The predicted molar refractivity (Wildman–Crippen MR) is 92.9 cm³/mol. The van der Waals surface area contributed by atoms with Crippen LogP contribution in [0.2, 0.25) is 0 Å². The molecule has 0 unspecified atom stereocenters. The van der Waals surface area contributed by atoms with Crippen molar-refractivity contribution in [1.29, 1.82) is 0 Å². The Kier molecular flexibility index (Phi) is 5.52. The number of hydrogen-bond donors (Lipinski definition) is 0. The summed E-state index contributed by atoms with van der Waals surface area (Å²) in [4.78, 5) is 24.2. The van der Waals surface area contributed by atoms with Crippen LogP contribution in [0.5, 0.6) is 11.5 Å². The van der Waals surface area contributed by atoms with Crippen molar-refractivity contribution < 1.29 is 25.2 Å². The van der Waals surface area contributed by atoms with Crippen molar-refractivity contribution >= 4 is 11.8 Å². The first-order valence-electron chi connectivity index (χ1n) is 8.26. The zero-order valence-electron chi connectivity index (χ0n) is 15.1. The second kappa shape index (κ2) is 7.24. The Labute approximate surface area is 144 Å². The number of carbonyl (C=O) groups is 2. The Morgan fingerprint density at radius 1 is 1.12 bits per heavy atom. The zero-order chi connectivity index (χ0) is 17.9. The molecule has 1 fully saturated rings. The van der Waals surface area contributed by atoms with Crippen LogP contribution in [0.4, 0.5) is 0 Å². The largest absolute Gasteiger partial charge is 0.496 e. The fraction of sp³-hybridized carbons (Fsp3) is 0.579. The van der Waals surface area contributed by atoms with Gasteiger partial charge in [0.15, 0.2) is 5.78 Å². The Balaban J connectivity index is 0.00000312. The standard InChI is InChI=1S/C19H26O5.H2/c1-19(2,3)24-17(20)9-8-14-15(22-4)10-13(11-16(14)23-5)18(21)12-6-7-12;/h10-12H,6-9H2,1-5H3;1H. The van der Waals surface area contributed by atoms with Gasteiger partial charge in [-0.2, -0.15) is 0 Å². The molecule has 1 aliphatic carbocycles. The molecule has 5 nitrogen and oxygen atoms in total. The fourth-order valence-corrected chi connectivity index (χ4v) is 2.57.